The predicted octanol–water partition coefficient (Wildman–Crippen LogP) is 3.13. The SMILES string of the molecule is FC(F)(F)CC[C@H](c1ccnc(Br)c1)N1CCNCC1. The van der Waals surface area contributed by atoms with Gasteiger partial charge in [0, 0.05) is 44.8 Å². The molecule has 1 aliphatic rings. The molecule has 112 valence electrons. The number of halogens is 4. The first-order chi connectivity index (χ1) is 9.46. The van der Waals surface area contributed by atoms with E-state index in [0.717, 1.165) is 31.7 Å². The number of pyridine rings is 1. The van der Waals surface area contributed by atoms with Gasteiger partial charge in [0.15, 0.2) is 0 Å². The van der Waals surface area contributed by atoms with Gasteiger partial charge >= 0.3 is 6.18 Å². The van der Waals surface area contributed by atoms with Crippen LogP contribution in [0, 0.1) is 0 Å². The summed E-state index contributed by atoms with van der Waals surface area (Å²) in [6, 6.07) is 3.40. The number of rotatable bonds is 4. The zero-order valence-electron chi connectivity index (χ0n) is 11.0. The van der Waals surface area contributed by atoms with E-state index in [2.05, 4.69) is 31.1 Å². The van der Waals surface area contributed by atoms with Crippen molar-refractivity contribution >= 4 is 15.9 Å². The molecular weight excluding hydrogens is 335 g/mol. The number of aromatic nitrogens is 1. The van der Waals surface area contributed by atoms with Crippen molar-refractivity contribution in [3.63, 3.8) is 0 Å². The largest absolute Gasteiger partial charge is 0.389 e. The summed E-state index contributed by atoms with van der Waals surface area (Å²) in [7, 11) is 0. The van der Waals surface area contributed by atoms with Crippen LogP contribution >= 0.6 is 15.9 Å². The summed E-state index contributed by atoms with van der Waals surface area (Å²) in [5, 5.41) is 3.22. The van der Waals surface area contributed by atoms with Gasteiger partial charge in [-0.2, -0.15) is 13.2 Å². The Morgan fingerprint density at radius 3 is 2.65 bits per heavy atom. The van der Waals surface area contributed by atoms with Crippen LogP contribution < -0.4 is 5.32 Å². The number of hydrogen-bond donors (Lipinski definition) is 1. The van der Waals surface area contributed by atoms with E-state index in [4.69, 9.17) is 0 Å². The van der Waals surface area contributed by atoms with Gasteiger partial charge in [-0.25, -0.2) is 4.98 Å². The zero-order valence-corrected chi connectivity index (χ0v) is 12.5. The van der Waals surface area contributed by atoms with Gasteiger partial charge in [0.2, 0.25) is 0 Å². The summed E-state index contributed by atoms with van der Waals surface area (Å²) < 4.78 is 38.2. The van der Waals surface area contributed by atoms with Gasteiger partial charge in [-0.15, -0.1) is 0 Å². The molecule has 0 saturated carbocycles. The molecule has 1 aromatic rings. The number of alkyl halides is 3. The van der Waals surface area contributed by atoms with Crippen molar-refractivity contribution in [1.82, 2.24) is 15.2 Å². The summed E-state index contributed by atoms with van der Waals surface area (Å²) in [5.41, 5.74) is 0.887. The minimum Gasteiger partial charge on any atom is -0.314 e. The Balaban J connectivity index is 2.14. The first-order valence-corrected chi connectivity index (χ1v) is 7.38. The molecule has 0 radical (unpaired) electrons. The quantitative estimate of drug-likeness (QED) is 0.844. The summed E-state index contributed by atoms with van der Waals surface area (Å²) >= 11 is 3.28. The second-order valence-electron chi connectivity index (χ2n) is 4.87. The smallest absolute Gasteiger partial charge is 0.314 e. The van der Waals surface area contributed by atoms with Crippen molar-refractivity contribution in [2.75, 3.05) is 26.2 Å². The lowest BCUT2D eigenvalue weighted by atomic mass is 10.0. The topological polar surface area (TPSA) is 28.2 Å². The van der Waals surface area contributed by atoms with Crippen LogP contribution in [0.2, 0.25) is 0 Å². The third-order valence-corrected chi connectivity index (χ3v) is 3.86. The summed E-state index contributed by atoms with van der Waals surface area (Å²) in [6.45, 7) is 3.16. The fraction of sp³-hybridized carbons (Fsp3) is 0.615. The van der Waals surface area contributed by atoms with Crippen LogP contribution in [0.5, 0.6) is 0 Å². The van der Waals surface area contributed by atoms with Crippen molar-refractivity contribution < 1.29 is 13.2 Å². The summed E-state index contributed by atoms with van der Waals surface area (Å²) in [5.74, 6) is 0. The van der Waals surface area contributed by atoms with Crippen molar-refractivity contribution in [3.05, 3.63) is 28.5 Å². The third-order valence-electron chi connectivity index (χ3n) is 3.43. The number of hydrogen-bond acceptors (Lipinski definition) is 3. The minimum absolute atomic E-state index is 0.0833. The monoisotopic (exact) mass is 351 g/mol. The van der Waals surface area contributed by atoms with Crippen LogP contribution in [0.15, 0.2) is 22.9 Å². The first-order valence-electron chi connectivity index (χ1n) is 6.59. The lowest BCUT2D eigenvalue weighted by molar-refractivity contribution is -0.138. The van der Waals surface area contributed by atoms with Gasteiger partial charge in [0.05, 0.1) is 0 Å². The van der Waals surface area contributed by atoms with E-state index >= 15 is 0 Å². The Morgan fingerprint density at radius 1 is 1.35 bits per heavy atom. The Hall–Kier alpha value is -0.660. The van der Waals surface area contributed by atoms with E-state index in [-0.39, 0.29) is 12.5 Å². The van der Waals surface area contributed by atoms with Gasteiger partial charge in [-0.05, 0) is 40.0 Å². The Morgan fingerprint density at radius 2 is 2.05 bits per heavy atom. The molecule has 0 amide bonds. The third kappa shape index (κ3) is 4.71. The molecule has 1 aliphatic heterocycles. The average molecular weight is 352 g/mol. The molecule has 0 aromatic carbocycles. The fourth-order valence-corrected chi connectivity index (χ4v) is 2.86. The Bertz CT molecular complexity index is 433. The molecule has 3 nitrogen and oxygen atoms in total. The van der Waals surface area contributed by atoms with Gasteiger partial charge < -0.3 is 5.32 Å². The van der Waals surface area contributed by atoms with E-state index in [9.17, 15) is 13.2 Å². The van der Waals surface area contributed by atoms with Crippen molar-refractivity contribution in [3.8, 4) is 0 Å². The molecule has 0 unspecified atom stereocenters. The lowest BCUT2D eigenvalue weighted by Crippen LogP contribution is -2.45. The van der Waals surface area contributed by atoms with E-state index in [0.29, 0.717) is 4.60 Å². The maximum absolute atomic E-state index is 12.5. The highest BCUT2D eigenvalue weighted by Gasteiger charge is 2.31. The number of nitrogens with zero attached hydrogens (tertiary/aromatic N) is 2. The van der Waals surface area contributed by atoms with Crippen LogP contribution in [-0.2, 0) is 0 Å². The minimum atomic E-state index is -4.11. The Labute approximate surface area is 124 Å². The van der Waals surface area contributed by atoms with E-state index in [1.165, 1.54) is 0 Å². The van der Waals surface area contributed by atoms with Crippen molar-refractivity contribution in [2.24, 2.45) is 0 Å². The maximum Gasteiger partial charge on any atom is 0.389 e. The predicted molar refractivity (Wildman–Crippen MR) is 74.4 cm³/mol. The highest BCUT2D eigenvalue weighted by atomic mass is 79.9. The second-order valence-corrected chi connectivity index (χ2v) is 5.68. The van der Waals surface area contributed by atoms with E-state index in [1.54, 1.807) is 12.3 Å². The molecule has 0 spiro atoms. The van der Waals surface area contributed by atoms with Crippen LogP contribution in [0.25, 0.3) is 0 Å². The van der Waals surface area contributed by atoms with Gasteiger partial charge in [-0.1, -0.05) is 0 Å². The molecule has 1 aromatic heterocycles. The normalized spacial score (nSPS) is 19.0. The molecule has 20 heavy (non-hydrogen) atoms. The molecular formula is C13H17BrF3N3. The standard InChI is InChI=1S/C13H17BrF3N3/c14-12-9-10(2-4-19-12)11(1-3-13(15,16)17)20-7-5-18-6-8-20/h2,4,9,11,18H,1,3,5-8H2/t11-/m1/s1. The molecule has 0 aliphatic carbocycles. The highest BCUT2D eigenvalue weighted by molar-refractivity contribution is 9.10. The molecule has 7 heteroatoms. The molecule has 1 fully saturated rings. The van der Waals surface area contributed by atoms with Crippen LogP contribution in [0.4, 0.5) is 13.2 Å². The van der Waals surface area contributed by atoms with Crippen LogP contribution in [-0.4, -0.2) is 42.2 Å². The van der Waals surface area contributed by atoms with Gasteiger partial charge in [-0.3, -0.25) is 4.90 Å². The molecule has 1 atom stereocenters. The second kappa shape index (κ2) is 6.87. The average Bonchev–Trinajstić information content (AvgIpc) is 2.39. The van der Waals surface area contributed by atoms with E-state index < -0.39 is 12.6 Å². The molecule has 1 saturated heterocycles. The molecule has 2 heterocycles. The van der Waals surface area contributed by atoms with Crippen molar-refractivity contribution in [1.29, 1.82) is 0 Å². The number of nitrogens with one attached hydrogen (secondary N) is 1. The maximum atomic E-state index is 12.5. The number of piperazine rings is 1. The lowest BCUT2D eigenvalue weighted by Gasteiger charge is -2.35. The molecule has 0 bridgehead atoms. The van der Waals surface area contributed by atoms with E-state index in [1.807, 2.05) is 6.07 Å². The first kappa shape index (κ1) is 15.7. The van der Waals surface area contributed by atoms with Gasteiger partial charge in [0.1, 0.15) is 4.60 Å². The molecule has 2 rings (SSSR count). The fourth-order valence-electron chi connectivity index (χ4n) is 2.48. The summed E-state index contributed by atoms with van der Waals surface area (Å²) in [6.07, 6.45) is -3.17. The van der Waals surface area contributed by atoms with Crippen LogP contribution in [0.3, 0.4) is 0 Å². The summed E-state index contributed by atoms with van der Waals surface area (Å²) in [4.78, 5) is 6.15. The van der Waals surface area contributed by atoms with Gasteiger partial charge in [0.25, 0.3) is 0 Å². The van der Waals surface area contributed by atoms with Crippen molar-refractivity contribution in [2.45, 2.75) is 25.1 Å². The zero-order chi connectivity index (χ0) is 14.6. The van der Waals surface area contributed by atoms with Crippen LogP contribution in [0.1, 0.15) is 24.4 Å². The Kier molecular flexibility index (Phi) is 5.40. The molecule has 1 N–H and O–H groups in total. The highest BCUT2D eigenvalue weighted by Crippen LogP contribution is 2.32.